The smallest absolute Gasteiger partial charge is 0.155 e. The van der Waals surface area contributed by atoms with Crippen LogP contribution in [0.1, 0.15) is 18.1 Å². The minimum absolute atomic E-state index is 0.0760. The number of hydrogen-bond acceptors (Lipinski definition) is 4. The van der Waals surface area contributed by atoms with E-state index in [1.807, 2.05) is 14.1 Å². The van der Waals surface area contributed by atoms with Gasteiger partial charge >= 0.3 is 0 Å². The molecule has 0 unspecified atom stereocenters. The third kappa shape index (κ3) is 3.49. The molecule has 124 valence electrons. The lowest BCUT2D eigenvalue weighted by molar-refractivity contribution is -0.112. The van der Waals surface area contributed by atoms with Crippen LogP contribution in [0, 0.1) is 6.92 Å². The largest absolute Gasteiger partial charge is 0.378 e. The number of nitrogens with zero attached hydrogens (tertiary/aromatic N) is 2. The molecule has 3 nitrogen and oxygen atoms in total. The second-order valence-electron chi connectivity index (χ2n) is 6.31. The van der Waals surface area contributed by atoms with E-state index in [1.165, 1.54) is 21.7 Å². The average Bonchev–Trinajstić information content (AvgIpc) is 2.85. The third-order valence-electron chi connectivity index (χ3n) is 4.02. The van der Waals surface area contributed by atoms with Crippen LogP contribution in [0.25, 0.3) is 0 Å². The van der Waals surface area contributed by atoms with E-state index in [0.717, 1.165) is 17.3 Å². The predicted octanol–water partition coefficient (Wildman–Crippen LogP) is 4.60. The number of rotatable bonds is 4. The summed E-state index contributed by atoms with van der Waals surface area (Å²) in [5.74, 6) is 0.0760. The van der Waals surface area contributed by atoms with Gasteiger partial charge in [0.2, 0.25) is 0 Å². The molecule has 4 heteroatoms. The Morgan fingerprint density at radius 1 is 1.17 bits per heavy atom. The van der Waals surface area contributed by atoms with Gasteiger partial charge in [0.15, 0.2) is 5.78 Å². The molecule has 2 aromatic rings. The molecule has 1 aliphatic rings. The summed E-state index contributed by atoms with van der Waals surface area (Å²) in [4.78, 5) is 17.2. The number of ketones is 1. The van der Waals surface area contributed by atoms with Gasteiger partial charge in [-0.2, -0.15) is 0 Å². The van der Waals surface area contributed by atoms with Crippen LogP contribution in [0.3, 0.4) is 0 Å². The number of allylic oxidation sites excluding steroid dienone is 1. The van der Waals surface area contributed by atoms with Crippen LogP contribution in [-0.2, 0) is 11.3 Å². The van der Waals surface area contributed by atoms with E-state index in [1.54, 1.807) is 24.8 Å². The predicted molar refractivity (Wildman–Crippen MR) is 103 cm³/mol. The number of benzene rings is 2. The Balaban J connectivity index is 2.00. The molecular weight excluding hydrogens is 316 g/mol. The van der Waals surface area contributed by atoms with Gasteiger partial charge in [-0.15, -0.1) is 0 Å². The van der Waals surface area contributed by atoms with Gasteiger partial charge in [0.25, 0.3) is 0 Å². The Labute approximate surface area is 148 Å². The van der Waals surface area contributed by atoms with Crippen LogP contribution in [0.5, 0.6) is 0 Å². The van der Waals surface area contributed by atoms with Crippen molar-refractivity contribution in [3.05, 3.63) is 64.7 Å². The number of carbonyl (C=O) groups is 1. The lowest BCUT2D eigenvalue weighted by atomic mass is 10.1. The Bertz CT molecular complexity index is 794. The number of fused-ring (bicyclic) bond motifs is 1. The highest BCUT2D eigenvalue weighted by Crippen LogP contribution is 2.47. The van der Waals surface area contributed by atoms with Gasteiger partial charge in [-0.1, -0.05) is 41.6 Å². The monoisotopic (exact) mass is 338 g/mol. The van der Waals surface area contributed by atoms with Crippen molar-refractivity contribution in [2.45, 2.75) is 25.3 Å². The van der Waals surface area contributed by atoms with Crippen molar-refractivity contribution < 1.29 is 4.79 Å². The molecule has 1 aliphatic heterocycles. The van der Waals surface area contributed by atoms with Gasteiger partial charge in [-0.25, -0.2) is 0 Å². The van der Waals surface area contributed by atoms with E-state index >= 15 is 0 Å². The summed E-state index contributed by atoms with van der Waals surface area (Å²) in [6.45, 7) is 4.46. The fraction of sp³-hybridized carbons (Fsp3) is 0.250. The summed E-state index contributed by atoms with van der Waals surface area (Å²) in [5.41, 5.74) is 4.81. The van der Waals surface area contributed by atoms with Gasteiger partial charge in [-0.3, -0.25) is 4.79 Å². The Hall–Kier alpha value is -2.20. The van der Waals surface area contributed by atoms with Crippen LogP contribution in [-0.4, -0.2) is 19.9 Å². The number of anilines is 2. The first-order valence-corrected chi connectivity index (χ1v) is 8.80. The van der Waals surface area contributed by atoms with Gasteiger partial charge in [-0.05, 0) is 37.6 Å². The van der Waals surface area contributed by atoms with Gasteiger partial charge in [0.1, 0.15) is 0 Å². The molecule has 1 heterocycles. The number of thioether (sulfide) groups is 1. The van der Waals surface area contributed by atoms with Gasteiger partial charge in [0.05, 0.1) is 10.7 Å². The highest BCUT2D eigenvalue weighted by atomic mass is 32.2. The average molecular weight is 338 g/mol. The van der Waals surface area contributed by atoms with Crippen molar-refractivity contribution in [2.24, 2.45) is 0 Å². The molecule has 0 aromatic heterocycles. The lowest BCUT2D eigenvalue weighted by Crippen LogP contribution is -2.18. The second kappa shape index (κ2) is 6.73. The fourth-order valence-corrected chi connectivity index (χ4v) is 3.82. The standard InChI is InChI=1S/C20H22N2OS/c1-14-5-7-16(8-6-14)13-22-18-12-17(21(3)4)9-10-19(18)24-20(22)11-15(2)23/h5-12H,13H2,1-4H3. The first-order chi connectivity index (χ1) is 11.4. The zero-order valence-electron chi connectivity index (χ0n) is 14.5. The number of carbonyl (C=O) groups excluding carboxylic acids is 1. The zero-order valence-corrected chi connectivity index (χ0v) is 15.4. The zero-order chi connectivity index (χ0) is 17.3. The van der Waals surface area contributed by atoms with E-state index in [9.17, 15) is 4.79 Å². The maximum atomic E-state index is 11.6. The van der Waals surface area contributed by atoms with Crippen molar-refractivity contribution in [1.29, 1.82) is 0 Å². The normalized spacial score (nSPS) is 14.8. The molecule has 0 spiro atoms. The van der Waals surface area contributed by atoms with Crippen molar-refractivity contribution in [2.75, 3.05) is 23.9 Å². The molecule has 24 heavy (non-hydrogen) atoms. The van der Waals surface area contributed by atoms with Gasteiger partial charge in [0, 0.05) is 37.3 Å². The van der Waals surface area contributed by atoms with Crippen LogP contribution >= 0.6 is 11.8 Å². The Kier molecular flexibility index (Phi) is 4.67. The van der Waals surface area contributed by atoms with Crippen molar-refractivity contribution in [3.63, 3.8) is 0 Å². The molecular formula is C20H22N2OS. The first-order valence-electron chi connectivity index (χ1n) is 7.98. The lowest BCUT2D eigenvalue weighted by Gasteiger charge is -2.22. The molecule has 0 fully saturated rings. The first kappa shape index (κ1) is 16.7. The maximum Gasteiger partial charge on any atom is 0.155 e. The van der Waals surface area contributed by atoms with Crippen molar-refractivity contribution in [1.82, 2.24) is 0 Å². The molecule has 0 aliphatic carbocycles. The molecule has 2 aromatic carbocycles. The van der Waals surface area contributed by atoms with E-state index in [4.69, 9.17) is 0 Å². The van der Waals surface area contributed by atoms with E-state index in [-0.39, 0.29) is 5.78 Å². The third-order valence-corrected chi connectivity index (χ3v) is 5.13. The molecule has 0 amide bonds. The molecule has 0 N–H and O–H groups in total. The number of hydrogen-bond donors (Lipinski definition) is 0. The molecule has 3 rings (SSSR count). The maximum absolute atomic E-state index is 11.6. The molecule has 0 bridgehead atoms. The summed E-state index contributed by atoms with van der Waals surface area (Å²) >= 11 is 1.66. The SMILES string of the molecule is CC(=O)C=C1Sc2ccc(N(C)C)cc2N1Cc1ccc(C)cc1. The second-order valence-corrected chi connectivity index (χ2v) is 7.38. The van der Waals surface area contributed by atoms with Crippen LogP contribution in [0.2, 0.25) is 0 Å². The minimum atomic E-state index is 0.0760. The highest BCUT2D eigenvalue weighted by Gasteiger charge is 2.26. The summed E-state index contributed by atoms with van der Waals surface area (Å²) in [7, 11) is 4.08. The highest BCUT2D eigenvalue weighted by molar-refractivity contribution is 8.03. The summed E-state index contributed by atoms with van der Waals surface area (Å²) in [6, 6.07) is 15.0. The van der Waals surface area contributed by atoms with Crippen LogP contribution in [0.4, 0.5) is 11.4 Å². The molecule has 0 saturated heterocycles. The number of aryl methyl sites for hydroxylation is 1. The van der Waals surface area contributed by atoms with Crippen molar-refractivity contribution in [3.8, 4) is 0 Å². The van der Waals surface area contributed by atoms with Crippen molar-refractivity contribution >= 4 is 28.9 Å². The van der Waals surface area contributed by atoms with Crippen LogP contribution < -0.4 is 9.80 Å². The Morgan fingerprint density at radius 2 is 1.88 bits per heavy atom. The molecule has 0 radical (unpaired) electrons. The van der Waals surface area contributed by atoms with E-state index in [0.29, 0.717) is 0 Å². The van der Waals surface area contributed by atoms with Gasteiger partial charge < -0.3 is 9.80 Å². The topological polar surface area (TPSA) is 23.6 Å². The molecule has 0 saturated carbocycles. The fourth-order valence-electron chi connectivity index (χ4n) is 2.69. The summed E-state index contributed by atoms with van der Waals surface area (Å²) < 4.78 is 0. The summed E-state index contributed by atoms with van der Waals surface area (Å²) in [6.07, 6.45) is 1.73. The van der Waals surface area contributed by atoms with E-state index < -0.39 is 0 Å². The van der Waals surface area contributed by atoms with E-state index in [2.05, 4.69) is 59.2 Å². The quantitative estimate of drug-likeness (QED) is 0.760. The summed E-state index contributed by atoms with van der Waals surface area (Å²) in [5, 5.41) is 0.994. The van der Waals surface area contributed by atoms with Crippen LogP contribution in [0.15, 0.2) is 58.5 Å². The Morgan fingerprint density at radius 3 is 2.50 bits per heavy atom. The minimum Gasteiger partial charge on any atom is -0.378 e. The molecule has 0 atom stereocenters.